The molecule has 0 radical (unpaired) electrons. The van der Waals surface area contributed by atoms with E-state index in [0.717, 1.165) is 23.5 Å². The van der Waals surface area contributed by atoms with Gasteiger partial charge in [-0.2, -0.15) is 0 Å². The zero-order chi connectivity index (χ0) is 16.0. The zero-order valence-corrected chi connectivity index (χ0v) is 13.8. The fourth-order valence-corrected chi connectivity index (χ4v) is 2.31. The van der Waals surface area contributed by atoms with Crippen molar-refractivity contribution >= 4 is 5.91 Å². The van der Waals surface area contributed by atoms with Crippen LogP contribution in [0.3, 0.4) is 0 Å². The van der Waals surface area contributed by atoms with Gasteiger partial charge < -0.3 is 19.7 Å². The minimum Gasteiger partial charge on any atom is -0.493 e. The Morgan fingerprint density at radius 2 is 1.81 bits per heavy atom. The molecule has 5 nitrogen and oxygen atoms in total. The summed E-state index contributed by atoms with van der Waals surface area (Å²) in [6.45, 7) is 3.95. The van der Waals surface area contributed by atoms with Gasteiger partial charge in [-0.15, -0.1) is 0 Å². The highest BCUT2D eigenvalue weighted by molar-refractivity contribution is 5.80. The molecule has 0 heterocycles. The molecular formula is C16H26N2O3. The van der Waals surface area contributed by atoms with E-state index in [1.807, 2.05) is 25.1 Å². The number of carbonyl (C=O) groups excluding carboxylic acids is 1. The molecule has 1 amide bonds. The molecule has 2 atom stereocenters. The van der Waals surface area contributed by atoms with Crippen molar-refractivity contribution < 1.29 is 14.3 Å². The summed E-state index contributed by atoms with van der Waals surface area (Å²) in [6, 6.07) is 5.86. The smallest absolute Gasteiger partial charge is 0.238 e. The summed E-state index contributed by atoms with van der Waals surface area (Å²) in [7, 11) is 6.77. The maximum atomic E-state index is 11.8. The number of ether oxygens (including phenoxy) is 2. The quantitative estimate of drug-likeness (QED) is 0.831. The van der Waals surface area contributed by atoms with E-state index in [9.17, 15) is 4.79 Å². The first kappa shape index (κ1) is 17.3. The van der Waals surface area contributed by atoms with Crippen LogP contribution >= 0.6 is 0 Å². The summed E-state index contributed by atoms with van der Waals surface area (Å²) in [5.41, 5.74) is 1.14. The SMILES string of the molecule is COc1ccc(CC(C)NC(C)C(=O)N(C)C)cc1OC. The number of nitrogens with one attached hydrogen (secondary N) is 1. The van der Waals surface area contributed by atoms with E-state index in [1.54, 1.807) is 33.2 Å². The highest BCUT2D eigenvalue weighted by atomic mass is 16.5. The second-order valence-corrected chi connectivity index (χ2v) is 5.42. The maximum absolute atomic E-state index is 11.8. The predicted octanol–water partition coefficient (Wildman–Crippen LogP) is 1.70. The molecule has 0 saturated heterocycles. The number of methoxy groups -OCH3 is 2. The van der Waals surface area contributed by atoms with E-state index in [-0.39, 0.29) is 18.0 Å². The molecule has 1 N–H and O–H groups in total. The van der Waals surface area contributed by atoms with Crippen LogP contribution in [-0.4, -0.2) is 51.2 Å². The van der Waals surface area contributed by atoms with Crippen molar-refractivity contribution in [2.24, 2.45) is 0 Å². The molecule has 0 aliphatic heterocycles. The van der Waals surface area contributed by atoms with Crippen LogP contribution in [0.5, 0.6) is 11.5 Å². The molecule has 0 aliphatic carbocycles. The third kappa shape index (κ3) is 4.93. The molecule has 5 heteroatoms. The second-order valence-electron chi connectivity index (χ2n) is 5.42. The normalized spacial score (nSPS) is 13.4. The van der Waals surface area contributed by atoms with Gasteiger partial charge in [0.05, 0.1) is 20.3 Å². The Morgan fingerprint density at radius 3 is 2.33 bits per heavy atom. The molecule has 0 aliphatic rings. The molecular weight excluding hydrogens is 268 g/mol. The molecule has 1 aromatic carbocycles. The molecule has 118 valence electrons. The van der Waals surface area contributed by atoms with Crippen molar-refractivity contribution in [1.82, 2.24) is 10.2 Å². The van der Waals surface area contributed by atoms with E-state index >= 15 is 0 Å². The van der Waals surface area contributed by atoms with Crippen LogP contribution in [0.1, 0.15) is 19.4 Å². The fourth-order valence-electron chi connectivity index (χ4n) is 2.31. The molecule has 0 spiro atoms. The summed E-state index contributed by atoms with van der Waals surface area (Å²) < 4.78 is 10.5. The van der Waals surface area contributed by atoms with Crippen molar-refractivity contribution in [3.63, 3.8) is 0 Å². The van der Waals surface area contributed by atoms with Crippen molar-refractivity contribution in [1.29, 1.82) is 0 Å². The Balaban J connectivity index is 2.66. The molecule has 0 fully saturated rings. The summed E-state index contributed by atoms with van der Waals surface area (Å²) in [4.78, 5) is 13.4. The third-order valence-electron chi connectivity index (χ3n) is 3.34. The highest BCUT2D eigenvalue weighted by Gasteiger charge is 2.17. The lowest BCUT2D eigenvalue weighted by atomic mass is 10.1. The van der Waals surface area contributed by atoms with Gasteiger partial charge in [0.1, 0.15) is 0 Å². The van der Waals surface area contributed by atoms with Crippen LogP contribution in [-0.2, 0) is 11.2 Å². The number of rotatable bonds is 7. The highest BCUT2D eigenvalue weighted by Crippen LogP contribution is 2.27. The van der Waals surface area contributed by atoms with E-state index in [4.69, 9.17) is 9.47 Å². The van der Waals surface area contributed by atoms with E-state index in [0.29, 0.717) is 0 Å². The number of hydrogen-bond donors (Lipinski definition) is 1. The van der Waals surface area contributed by atoms with Crippen molar-refractivity contribution in [2.45, 2.75) is 32.4 Å². The molecule has 0 saturated carbocycles. The average Bonchev–Trinajstić information content (AvgIpc) is 2.45. The topological polar surface area (TPSA) is 50.8 Å². The lowest BCUT2D eigenvalue weighted by Crippen LogP contribution is -2.45. The lowest BCUT2D eigenvalue weighted by molar-refractivity contribution is -0.130. The zero-order valence-electron chi connectivity index (χ0n) is 13.8. The number of amides is 1. The summed E-state index contributed by atoms with van der Waals surface area (Å²) >= 11 is 0. The number of nitrogens with zero attached hydrogens (tertiary/aromatic N) is 1. The monoisotopic (exact) mass is 294 g/mol. The Morgan fingerprint density at radius 1 is 1.19 bits per heavy atom. The van der Waals surface area contributed by atoms with Gasteiger partial charge in [0.25, 0.3) is 0 Å². The second kappa shape index (κ2) is 7.88. The Hall–Kier alpha value is -1.75. The largest absolute Gasteiger partial charge is 0.493 e. The van der Waals surface area contributed by atoms with Crippen LogP contribution in [0.15, 0.2) is 18.2 Å². The number of hydrogen-bond acceptors (Lipinski definition) is 4. The molecule has 21 heavy (non-hydrogen) atoms. The minimum absolute atomic E-state index is 0.0779. The molecule has 0 aromatic heterocycles. The lowest BCUT2D eigenvalue weighted by Gasteiger charge is -2.22. The number of benzene rings is 1. The van der Waals surface area contributed by atoms with Gasteiger partial charge >= 0.3 is 0 Å². The van der Waals surface area contributed by atoms with Crippen molar-refractivity contribution in [3.8, 4) is 11.5 Å². The van der Waals surface area contributed by atoms with Crippen molar-refractivity contribution in [2.75, 3.05) is 28.3 Å². The molecule has 1 rings (SSSR count). The van der Waals surface area contributed by atoms with Gasteiger partial charge in [-0.25, -0.2) is 0 Å². The third-order valence-corrected chi connectivity index (χ3v) is 3.34. The number of likely N-dealkylation sites (N-methyl/N-ethyl adjacent to an activating group) is 1. The van der Waals surface area contributed by atoms with Crippen LogP contribution in [0.2, 0.25) is 0 Å². The standard InChI is InChI=1S/C16H26N2O3/c1-11(17-12(2)16(19)18(3)4)9-13-7-8-14(20-5)15(10-13)21-6/h7-8,10-12,17H,9H2,1-6H3. The van der Waals surface area contributed by atoms with Crippen LogP contribution in [0.25, 0.3) is 0 Å². The van der Waals surface area contributed by atoms with Gasteiger partial charge in [0.15, 0.2) is 11.5 Å². The molecule has 0 bridgehead atoms. The van der Waals surface area contributed by atoms with Gasteiger partial charge in [-0.1, -0.05) is 6.07 Å². The Kier molecular flexibility index (Phi) is 6.49. The van der Waals surface area contributed by atoms with E-state index in [2.05, 4.69) is 12.2 Å². The number of carbonyl (C=O) groups is 1. The van der Waals surface area contributed by atoms with Crippen molar-refractivity contribution in [3.05, 3.63) is 23.8 Å². The molecule has 1 aromatic rings. The van der Waals surface area contributed by atoms with Crippen LogP contribution in [0.4, 0.5) is 0 Å². The average molecular weight is 294 g/mol. The fraction of sp³-hybridized carbons (Fsp3) is 0.562. The first-order chi connectivity index (χ1) is 9.88. The van der Waals surface area contributed by atoms with Gasteiger partial charge in [-0.05, 0) is 38.0 Å². The summed E-state index contributed by atoms with van der Waals surface area (Å²) in [5.74, 6) is 1.52. The van der Waals surface area contributed by atoms with Gasteiger partial charge in [0, 0.05) is 20.1 Å². The first-order valence-electron chi connectivity index (χ1n) is 7.07. The maximum Gasteiger partial charge on any atom is 0.238 e. The van der Waals surface area contributed by atoms with E-state index < -0.39 is 0 Å². The predicted molar refractivity (Wildman–Crippen MR) is 84.0 cm³/mol. The van der Waals surface area contributed by atoms with Gasteiger partial charge in [0.2, 0.25) is 5.91 Å². The summed E-state index contributed by atoms with van der Waals surface area (Å²) in [6.07, 6.45) is 0.811. The summed E-state index contributed by atoms with van der Waals surface area (Å²) in [5, 5.41) is 3.31. The first-order valence-corrected chi connectivity index (χ1v) is 7.07. The minimum atomic E-state index is -0.199. The van der Waals surface area contributed by atoms with E-state index in [1.165, 1.54) is 0 Å². The Labute approximate surface area is 127 Å². The van der Waals surface area contributed by atoms with Crippen LogP contribution in [0, 0.1) is 0 Å². The van der Waals surface area contributed by atoms with Gasteiger partial charge in [-0.3, -0.25) is 4.79 Å². The van der Waals surface area contributed by atoms with Crippen LogP contribution < -0.4 is 14.8 Å². The Bertz CT molecular complexity index is 475. The molecule has 2 unspecified atom stereocenters.